The van der Waals surface area contributed by atoms with Gasteiger partial charge < -0.3 is 15.2 Å². The summed E-state index contributed by atoms with van der Waals surface area (Å²) in [6.07, 6.45) is 2.03. The predicted molar refractivity (Wildman–Crippen MR) is 77.2 cm³/mol. The number of nitro groups is 2. The molecule has 0 aliphatic heterocycles. The van der Waals surface area contributed by atoms with Gasteiger partial charge in [0, 0.05) is 22.8 Å². The number of aromatic hydroxyl groups is 1. The summed E-state index contributed by atoms with van der Waals surface area (Å²) in [5.74, 6) is -1.57. The third kappa shape index (κ3) is 4.06. The molecule has 24 heavy (non-hydrogen) atoms. The molecular formula is C11H9N7O6. The SMILES string of the molecule is O=C(Cn1cnc([N+](=O)[O-])n1)N/N=C/c1cc([N+](=O)[O-])ccc1O. The minimum absolute atomic E-state index is 0.0286. The first-order chi connectivity index (χ1) is 11.4. The smallest absolute Gasteiger partial charge is 0.490 e. The van der Waals surface area contributed by atoms with Gasteiger partial charge in [0.05, 0.1) is 11.1 Å². The van der Waals surface area contributed by atoms with E-state index in [-0.39, 0.29) is 23.5 Å². The fourth-order valence-electron chi connectivity index (χ4n) is 1.56. The minimum Gasteiger partial charge on any atom is -0.507 e. The summed E-state index contributed by atoms with van der Waals surface area (Å²) in [5, 5.41) is 37.6. The van der Waals surface area contributed by atoms with Crippen LogP contribution in [0.15, 0.2) is 29.6 Å². The van der Waals surface area contributed by atoms with Crippen LogP contribution in [0.2, 0.25) is 0 Å². The Kier molecular flexibility index (Phi) is 4.74. The molecule has 13 nitrogen and oxygen atoms in total. The Morgan fingerprint density at radius 3 is 2.75 bits per heavy atom. The van der Waals surface area contributed by atoms with Gasteiger partial charge in [0.1, 0.15) is 12.3 Å². The number of nitro benzene ring substituents is 1. The van der Waals surface area contributed by atoms with Crippen molar-refractivity contribution in [3.63, 3.8) is 0 Å². The summed E-state index contributed by atoms with van der Waals surface area (Å²) in [6.45, 7) is -0.376. The highest BCUT2D eigenvalue weighted by molar-refractivity contribution is 5.85. The Balaban J connectivity index is 1.98. The van der Waals surface area contributed by atoms with Gasteiger partial charge in [-0.05, 0) is 11.0 Å². The molecule has 1 amide bonds. The summed E-state index contributed by atoms with van der Waals surface area (Å²) in [7, 11) is 0. The fourth-order valence-corrected chi connectivity index (χ4v) is 1.56. The number of benzene rings is 1. The molecule has 13 heteroatoms. The van der Waals surface area contributed by atoms with Crippen molar-refractivity contribution in [3.8, 4) is 5.75 Å². The lowest BCUT2D eigenvalue weighted by atomic mass is 10.2. The first-order valence-electron chi connectivity index (χ1n) is 6.20. The van der Waals surface area contributed by atoms with E-state index >= 15 is 0 Å². The Morgan fingerprint density at radius 2 is 2.12 bits per heavy atom. The largest absolute Gasteiger partial charge is 0.507 e. The van der Waals surface area contributed by atoms with Crippen molar-refractivity contribution >= 4 is 23.8 Å². The van der Waals surface area contributed by atoms with Crippen LogP contribution in [0.3, 0.4) is 0 Å². The van der Waals surface area contributed by atoms with Gasteiger partial charge in [-0.15, -0.1) is 0 Å². The zero-order chi connectivity index (χ0) is 17.7. The number of phenols is 1. The number of hydrogen-bond donors (Lipinski definition) is 2. The van der Waals surface area contributed by atoms with E-state index in [4.69, 9.17) is 0 Å². The van der Waals surface area contributed by atoms with Gasteiger partial charge in [-0.2, -0.15) is 9.78 Å². The van der Waals surface area contributed by atoms with Crippen LogP contribution in [0.1, 0.15) is 5.56 Å². The molecule has 0 atom stereocenters. The van der Waals surface area contributed by atoms with Crippen LogP contribution < -0.4 is 5.43 Å². The number of amides is 1. The molecule has 0 unspecified atom stereocenters. The average Bonchev–Trinajstić information content (AvgIpc) is 2.97. The lowest BCUT2D eigenvalue weighted by Gasteiger charge is -1.99. The molecule has 0 radical (unpaired) electrons. The van der Waals surface area contributed by atoms with E-state index in [0.717, 1.165) is 35.4 Å². The predicted octanol–water partition coefficient (Wildman–Crippen LogP) is -0.0496. The van der Waals surface area contributed by atoms with E-state index in [0.29, 0.717) is 0 Å². The zero-order valence-electron chi connectivity index (χ0n) is 11.8. The van der Waals surface area contributed by atoms with Crippen molar-refractivity contribution in [3.05, 3.63) is 50.3 Å². The second kappa shape index (κ2) is 6.91. The molecule has 1 aromatic heterocycles. The number of hydrazone groups is 1. The number of aromatic nitrogens is 3. The van der Waals surface area contributed by atoms with Crippen molar-refractivity contribution in [1.82, 2.24) is 20.2 Å². The molecule has 0 bridgehead atoms. The van der Waals surface area contributed by atoms with Crippen molar-refractivity contribution in [1.29, 1.82) is 0 Å². The molecule has 2 rings (SSSR count). The number of nitrogens with one attached hydrogen (secondary N) is 1. The van der Waals surface area contributed by atoms with Gasteiger partial charge in [-0.1, -0.05) is 4.98 Å². The van der Waals surface area contributed by atoms with Crippen molar-refractivity contribution in [2.75, 3.05) is 0 Å². The Bertz CT molecular complexity index is 830. The van der Waals surface area contributed by atoms with E-state index in [2.05, 4.69) is 20.6 Å². The first kappa shape index (κ1) is 16.5. The summed E-state index contributed by atoms with van der Waals surface area (Å²) in [5.41, 5.74) is 1.86. The van der Waals surface area contributed by atoms with E-state index < -0.39 is 21.7 Å². The van der Waals surface area contributed by atoms with Gasteiger partial charge in [-0.3, -0.25) is 14.9 Å². The van der Waals surface area contributed by atoms with Crippen LogP contribution >= 0.6 is 0 Å². The van der Waals surface area contributed by atoms with Crippen LogP contribution in [0.4, 0.5) is 11.6 Å². The van der Waals surface area contributed by atoms with Gasteiger partial charge >= 0.3 is 5.95 Å². The molecule has 1 heterocycles. The summed E-state index contributed by atoms with van der Waals surface area (Å²) < 4.78 is 0.938. The number of rotatable bonds is 6. The molecular weight excluding hydrogens is 326 g/mol. The van der Waals surface area contributed by atoms with Crippen LogP contribution in [0.25, 0.3) is 0 Å². The summed E-state index contributed by atoms with van der Waals surface area (Å²) in [6, 6.07) is 3.31. The summed E-state index contributed by atoms with van der Waals surface area (Å²) >= 11 is 0. The molecule has 124 valence electrons. The Morgan fingerprint density at radius 1 is 1.38 bits per heavy atom. The highest BCUT2D eigenvalue weighted by atomic mass is 16.6. The normalized spacial score (nSPS) is 10.7. The Labute approximate surface area is 132 Å². The second-order valence-electron chi connectivity index (χ2n) is 4.29. The molecule has 0 fully saturated rings. The lowest BCUT2D eigenvalue weighted by molar-refractivity contribution is -0.394. The molecule has 2 aromatic rings. The van der Waals surface area contributed by atoms with Crippen molar-refractivity contribution in [2.45, 2.75) is 6.54 Å². The highest BCUT2D eigenvalue weighted by Gasteiger charge is 2.15. The van der Waals surface area contributed by atoms with E-state index in [1.807, 2.05) is 0 Å². The van der Waals surface area contributed by atoms with Gasteiger partial charge in [0.25, 0.3) is 11.6 Å². The van der Waals surface area contributed by atoms with Crippen LogP contribution in [-0.4, -0.2) is 41.8 Å². The van der Waals surface area contributed by atoms with Gasteiger partial charge in [-0.25, -0.2) is 5.43 Å². The third-order valence-corrected chi connectivity index (χ3v) is 2.61. The number of phenolic OH excluding ortho intramolecular Hbond substituents is 1. The monoisotopic (exact) mass is 335 g/mol. The maximum absolute atomic E-state index is 11.6. The molecule has 0 aliphatic carbocycles. The number of non-ortho nitro benzene ring substituents is 1. The number of carbonyl (C=O) groups is 1. The molecule has 0 saturated carbocycles. The summed E-state index contributed by atoms with van der Waals surface area (Å²) in [4.78, 5) is 34.6. The number of nitrogens with zero attached hydrogens (tertiary/aromatic N) is 6. The van der Waals surface area contributed by atoms with Crippen LogP contribution in [0.5, 0.6) is 5.75 Å². The van der Waals surface area contributed by atoms with Gasteiger partial charge in [0.15, 0.2) is 0 Å². The van der Waals surface area contributed by atoms with Gasteiger partial charge in [0.2, 0.25) is 6.33 Å². The number of carbonyl (C=O) groups excluding carboxylic acids is 1. The fraction of sp³-hybridized carbons (Fsp3) is 0.0909. The molecule has 0 spiro atoms. The van der Waals surface area contributed by atoms with E-state index in [1.54, 1.807) is 0 Å². The van der Waals surface area contributed by atoms with Crippen molar-refractivity contribution in [2.24, 2.45) is 5.10 Å². The minimum atomic E-state index is -0.808. The standard InChI is InChI=1S/C11H9N7O6/c19-9-2-1-8(17(21)22)3-7(9)4-13-14-10(20)5-16-6-12-11(15-16)18(23)24/h1-4,6,19H,5H2,(H,14,20)/b13-4+. The topological polar surface area (TPSA) is 179 Å². The second-order valence-corrected chi connectivity index (χ2v) is 4.29. The number of hydrogen-bond acceptors (Lipinski definition) is 9. The van der Waals surface area contributed by atoms with E-state index in [9.17, 15) is 30.1 Å². The quantitative estimate of drug-likeness (QED) is 0.419. The van der Waals surface area contributed by atoms with E-state index in [1.165, 1.54) is 0 Å². The molecule has 0 aliphatic rings. The van der Waals surface area contributed by atoms with Crippen LogP contribution in [0, 0.1) is 20.2 Å². The molecule has 0 saturated heterocycles. The maximum atomic E-state index is 11.6. The highest BCUT2D eigenvalue weighted by Crippen LogP contribution is 2.21. The molecule has 1 aromatic carbocycles. The van der Waals surface area contributed by atoms with Crippen molar-refractivity contribution < 1.29 is 19.7 Å². The maximum Gasteiger partial charge on any atom is 0.490 e. The third-order valence-electron chi connectivity index (χ3n) is 2.61. The first-order valence-corrected chi connectivity index (χ1v) is 6.20. The van der Waals surface area contributed by atoms with Crippen LogP contribution in [-0.2, 0) is 11.3 Å². The molecule has 2 N–H and O–H groups in total. The Hall–Kier alpha value is -3.90. The zero-order valence-corrected chi connectivity index (χ0v) is 11.8. The lowest BCUT2D eigenvalue weighted by Crippen LogP contribution is -2.23. The average molecular weight is 335 g/mol.